The van der Waals surface area contributed by atoms with E-state index in [0.29, 0.717) is 29.6 Å². The number of piperidine rings is 1. The fourth-order valence-corrected chi connectivity index (χ4v) is 4.27. The van der Waals surface area contributed by atoms with E-state index in [0.717, 1.165) is 30.2 Å². The van der Waals surface area contributed by atoms with Crippen LogP contribution in [0.4, 0.5) is 22.4 Å². The lowest BCUT2D eigenvalue weighted by Gasteiger charge is -2.23. The van der Waals surface area contributed by atoms with Gasteiger partial charge >= 0.3 is 6.03 Å². The van der Waals surface area contributed by atoms with Crippen molar-refractivity contribution in [3.05, 3.63) is 59.9 Å². The number of hydrogen-bond donors (Lipinski definition) is 4. The Hall–Kier alpha value is -3.62. The largest absolute Gasteiger partial charge is 0.351 e. The number of nitrogens with one attached hydrogen (secondary N) is 4. The second-order valence-corrected chi connectivity index (χ2v) is 8.31. The zero-order valence-electron chi connectivity index (χ0n) is 17.5. The summed E-state index contributed by atoms with van der Waals surface area (Å²) in [7, 11) is 0. The number of rotatable bonds is 6. The highest BCUT2D eigenvalue weighted by Gasteiger charge is 2.57. The quantitative estimate of drug-likeness (QED) is 0.490. The van der Waals surface area contributed by atoms with Gasteiger partial charge in [-0.2, -0.15) is 10.1 Å². The summed E-state index contributed by atoms with van der Waals surface area (Å²) in [4.78, 5) is 23.4. The summed E-state index contributed by atoms with van der Waals surface area (Å²) >= 11 is 0. The second-order valence-electron chi connectivity index (χ2n) is 8.31. The average Bonchev–Trinajstić information content (AvgIpc) is 3.11. The van der Waals surface area contributed by atoms with Crippen molar-refractivity contribution in [1.82, 2.24) is 30.4 Å². The summed E-state index contributed by atoms with van der Waals surface area (Å²) in [5, 5.41) is 16.8. The van der Waals surface area contributed by atoms with Gasteiger partial charge in [0.15, 0.2) is 5.82 Å². The Morgan fingerprint density at radius 1 is 1.16 bits per heavy atom. The van der Waals surface area contributed by atoms with Crippen LogP contribution in [-0.2, 0) is 0 Å². The summed E-state index contributed by atoms with van der Waals surface area (Å²) in [6, 6.07) is 14.0. The Morgan fingerprint density at radius 3 is 2.65 bits per heavy atom. The van der Waals surface area contributed by atoms with Crippen molar-refractivity contribution in [3.63, 3.8) is 0 Å². The number of aromatic nitrogens is 4. The first-order chi connectivity index (χ1) is 15.1. The van der Waals surface area contributed by atoms with Gasteiger partial charge in [-0.15, -0.1) is 0 Å². The number of urea groups is 1. The fourth-order valence-electron chi connectivity index (χ4n) is 4.27. The van der Waals surface area contributed by atoms with Crippen LogP contribution in [0.5, 0.6) is 0 Å². The van der Waals surface area contributed by atoms with Crippen LogP contribution in [0, 0.1) is 18.8 Å². The first kappa shape index (κ1) is 19.3. The summed E-state index contributed by atoms with van der Waals surface area (Å²) in [6.07, 6.45) is 1.72. The van der Waals surface area contributed by atoms with Crippen LogP contribution in [0.2, 0.25) is 0 Å². The Bertz CT molecular complexity index is 1060. The minimum absolute atomic E-state index is 0.000883. The smallest absolute Gasteiger partial charge is 0.317 e. The number of carbonyl (C=O) groups excluding carboxylic acids is 1. The first-order valence-corrected chi connectivity index (χ1v) is 10.6. The third-order valence-electron chi connectivity index (χ3n) is 6.03. The van der Waals surface area contributed by atoms with Crippen molar-refractivity contribution in [2.24, 2.45) is 11.8 Å². The molecule has 1 aromatic carbocycles. The molecule has 1 saturated heterocycles. The van der Waals surface area contributed by atoms with E-state index in [4.69, 9.17) is 0 Å². The maximum Gasteiger partial charge on any atom is 0.317 e. The molecular weight excluding hydrogens is 392 g/mol. The SMILES string of the molecule is Cc1cc(Nc2ccnc(NC3[C@H]4CN(C(=O)N[C@H](C)c5ccccc5)C[C@@H]34)n2)n[nH]1. The molecule has 1 unspecified atom stereocenters. The molecule has 0 bridgehead atoms. The topological polar surface area (TPSA) is 111 Å². The molecule has 1 aliphatic carbocycles. The van der Waals surface area contributed by atoms with E-state index < -0.39 is 0 Å². The molecule has 2 aliphatic rings. The molecule has 0 radical (unpaired) electrons. The van der Waals surface area contributed by atoms with Gasteiger partial charge in [-0.05, 0) is 25.5 Å². The molecule has 4 N–H and O–H groups in total. The number of H-pyrrole nitrogens is 1. The highest BCUT2D eigenvalue weighted by atomic mass is 16.2. The van der Waals surface area contributed by atoms with Crippen molar-refractivity contribution >= 4 is 23.6 Å². The lowest BCUT2D eigenvalue weighted by atomic mass is 10.1. The zero-order chi connectivity index (χ0) is 21.4. The number of nitrogens with zero attached hydrogens (tertiary/aromatic N) is 4. The number of fused-ring (bicyclic) bond motifs is 1. The second kappa shape index (κ2) is 7.90. The molecule has 5 rings (SSSR count). The van der Waals surface area contributed by atoms with Crippen LogP contribution < -0.4 is 16.0 Å². The van der Waals surface area contributed by atoms with Gasteiger partial charge in [0, 0.05) is 48.9 Å². The number of anilines is 3. The van der Waals surface area contributed by atoms with E-state index in [2.05, 4.69) is 36.1 Å². The van der Waals surface area contributed by atoms with E-state index >= 15 is 0 Å². The lowest BCUT2D eigenvalue weighted by molar-refractivity contribution is 0.200. The van der Waals surface area contributed by atoms with Gasteiger partial charge in [-0.1, -0.05) is 30.3 Å². The van der Waals surface area contributed by atoms with Crippen LogP contribution in [-0.4, -0.2) is 50.2 Å². The molecule has 9 heteroatoms. The number of hydrogen-bond acceptors (Lipinski definition) is 6. The Morgan fingerprint density at radius 2 is 1.94 bits per heavy atom. The zero-order valence-corrected chi connectivity index (χ0v) is 17.5. The molecule has 3 heterocycles. The average molecular weight is 419 g/mol. The summed E-state index contributed by atoms with van der Waals surface area (Å²) in [6.45, 7) is 5.46. The molecule has 1 aliphatic heterocycles. The van der Waals surface area contributed by atoms with Crippen LogP contribution in [0.1, 0.15) is 24.2 Å². The van der Waals surface area contributed by atoms with Crippen molar-refractivity contribution in [2.75, 3.05) is 23.7 Å². The van der Waals surface area contributed by atoms with E-state index in [-0.39, 0.29) is 12.1 Å². The molecule has 160 valence electrons. The standard InChI is InChI=1S/C22H26N8O/c1-13-10-19(29-28-13)25-18-8-9-23-21(26-18)27-20-16-11-30(12-17(16)20)22(31)24-14(2)15-6-4-3-5-7-15/h3-10,14,16-17,20H,11-12H2,1-2H3,(H,24,31)(H3,23,25,26,27,28,29)/t14-,16-,17+,20?/m1/s1. The number of amides is 2. The van der Waals surface area contributed by atoms with Crippen LogP contribution >= 0.6 is 0 Å². The van der Waals surface area contributed by atoms with Crippen LogP contribution in [0.15, 0.2) is 48.7 Å². The number of carbonyl (C=O) groups is 1. The number of aromatic amines is 1. The molecule has 0 spiro atoms. The minimum atomic E-state index is -0.0125. The summed E-state index contributed by atoms with van der Waals surface area (Å²) in [5.41, 5.74) is 2.09. The van der Waals surface area contributed by atoms with Gasteiger partial charge in [0.1, 0.15) is 5.82 Å². The molecule has 1 saturated carbocycles. The minimum Gasteiger partial charge on any atom is -0.351 e. The number of benzene rings is 1. The van der Waals surface area contributed by atoms with Crippen molar-refractivity contribution in [1.29, 1.82) is 0 Å². The fraction of sp³-hybridized carbons (Fsp3) is 0.364. The predicted octanol–water partition coefficient (Wildman–Crippen LogP) is 3.06. The van der Waals surface area contributed by atoms with E-state index in [1.165, 1.54) is 0 Å². The lowest BCUT2D eigenvalue weighted by Crippen LogP contribution is -2.42. The van der Waals surface area contributed by atoms with E-state index in [1.807, 2.05) is 61.2 Å². The highest BCUT2D eigenvalue weighted by molar-refractivity contribution is 5.75. The molecule has 2 fully saturated rings. The molecule has 4 atom stereocenters. The first-order valence-electron chi connectivity index (χ1n) is 10.6. The van der Waals surface area contributed by atoms with Gasteiger partial charge in [0.2, 0.25) is 5.95 Å². The Labute approximate surface area is 180 Å². The Kier molecular flexibility index (Phi) is 4.93. The predicted molar refractivity (Wildman–Crippen MR) is 118 cm³/mol. The Balaban J connectivity index is 1.12. The monoisotopic (exact) mass is 418 g/mol. The van der Waals surface area contributed by atoms with Gasteiger partial charge in [-0.25, -0.2) is 9.78 Å². The highest BCUT2D eigenvalue weighted by Crippen LogP contribution is 2.47. The van der Waals surface area contributed by atoms with Crippen LogP contribution in [0.25, 0.3) is 0 Å². The van der Waals surface area contributed by atoms with E-state index in [9.17, 15) is 4.79 Å². The third kappa shape index (κ3) is 4.16. The molecular formula is C22H26N8O. The number of aryl methyl sites for hydroxylation is 1. The van der Waals surface area contributed by atoms with Crippen molar-refractivity contribution in [3.8, 4) is 0 Å². The van der Waals surface area contributed by atoms with Gasteiger partial charge in [0.25, 0.3) is 0 Å². The molecule has 9 nitrogen and oxygen atoms in total. The summed E-state index contributed by atoms with van der Waals surface area (Å²) < 4.78 is 0. The molecule has 2 aromatic heterocycles. The third-order valence-corrected chi connectivity index (χ3v) is 6.03. The maximum atomic E-state index is 12.6. The molecule has 2 amide bonds. The van der Waals surface area contributed by atoms with Crippen molar-refractivity contribution in [2.45, 2.75) is 25.9 Å². The van der Waals surface area contributed by atoms with Gasteiger partial charge in [-0.3, -0.25) is 5.10 Å². The summed E-state index contributed by atoms with van der Waals surface area (Å²) in [5.74, 6) is 2.87. The maximum absolute atomic E-state index is 12.6. The van der Waals surface area contributed by atoms with Gasteiger partial charge in [0.05, 0.1) is 6.04 Å². The number of likely N-dealkylation sites (tertiary alicyclic amines) is 1. The van der Waals surface area contributed by atoms with E-state index in [1.54, 1.807) is 6.20 Å². The van der Waals surface area contributed by atoms with Gasteiger partial charge < -0.3 is 20.9 Å². The molecule has 3 aromatic rings. The van der Waals surface area contributed by atoms with Crippen LogP contribution in [0.3, 0.4) is 0 Å². The van der Waals surface area contributed by atoms with Crippen molar-refractivity contribution < 1.29 is 4.79 Å². The normalized spacial score (nSPS) is 22.5. The molecule has 31 heavy (non-hydrogen) atoms.